The molecule has 2 nitrogen and oxygen atoms in total. The van der Waals surface area contributed by atoms with E-state index < -0.39 is 0 Å². The van der Waals surface area contributed by atoms with E-state index in [2.05, 4.69) is 20.6 Å². The molecule has 13 heavy (non-hydrogen) atoms. The van der Waals surface area contributed by atoms with E-state index in [1.807, 2.05) is 6.08 Å². The van der Waals surface area contributed by atoms with E-state index in [4.69, 9.17) is 4.74 Å². The van der Waals surface area contributed by atoms with E-state index in [9.17, 15) is 0 Å². The Hall–Kier alpha value is -0.0500. The van der Waals surface area contributed by atoms with Crippen LogP contribution in [0.5, 0.6) is 0 Å². The molecule has 0 amide bonds. The molecule has 1 saturated heterocycles. The fourth-order valence-corrected chi connectivity index (χ4v) is 1.77. The molecule has 0 aliphatic carbocycles. The summed E-state index contributed by atoms with van der Waals surface area (Å²) in [5.41, 5.74) is 0. The summed E-state index contributed by atoms with van der Waals surface area (Å²) in [6.07, 6.45) is 3.77. The summed E-state index contributed by atoms with van der Waals surface area (Å²) in [5.74, 6) is 0. The molecule has 1 heterocycles. The summed E-state index contributed by atoms with van der Waals surface area (Å²) in [7, 11) is 2.28. The van der Waals surface area contributed by atoms with Crippen LogP contribution in [0.4, 0.5) is 0 Å². The number of nitrogens with zero attached hydrogens (tertiary/aromatic N) is 1. The largest absolute Gasteiger partial charge is 1.00 e. The fraction of sp³-hybridized carbons (Fsp3) is 0.800. The van der Waals surface area contributed by atoms with Gasteiger partial charge in [-0.05, 0) is 12.5 Å². The van der Waals surface area contributed by atoms with Crippen LogP contribution in [0.2, 0.25) is 0 Å². The van der Waals surface area contributed by atoms with Crippen molar-refractivity contribution in [1.82, 2.24) is 0 Å². The third-order valence-electron chi connectivity index (χ3n) is 2.38. The fourth-order valence-electron chi connectivity index (χ4n) is 1.77. The predicted octanol–water partition coefficient (Wildman–Crippen LogP) is -1.57. The van der Waals surface area contributed by atoms with Gasteiger partial charge in [0, 0.05) is 0 Å². The second kappa shape index (κ2) is 5.63. The van der Waals surface area contributed by atoms with Crippen LogP contribution in [0, 0.1) is 0 Å². The first kappa shape index (κ1) is 12.9. The minimum absolute atomic E-state index is 0. The van der Waals surface area contributed by atoms with Crippen LogP contribution in [0.25, 0.3) is 0 Å². The summed E-state index contributed by atoms with van der Waals surface area (Å²) in [6, 6.07) is 0. The van der Waals surface area contributed by atoms with E-state index in [-0.39, 0.29) is 12.4 Å². The Kier molecular flexibility index (Phi) is 5.61. The molecule has 1 aliphatic rings. The Morgan fingerprint density at radius 2 is 2.23 bits per heavy atom. The van der Waals surface area contributed by atoms with Crippen LogP contribution in [0.1, 0.15) is 13.3 Å². The number of ether oxygens (including phenoxy) is 1. The van der Waals surface area contributed by atoms with Crippen LogP contribution in [-0.4, -0.2) is 43.9 Å². The second-order valence-corrected chi connectivity index (χ2v) is 3.95. The molecule has 3 heteroatoms. The zero-order valence-electron chi connectivity index (χ0n) is 8.63. The van der Waals surface area contributed by atoms with E-state index in [0.29, 0.717) is 6.10 Å². The van der Waals surface area contributed by atoms with Gasteiger partial charge >= 0.3 is 0 Å². The first-order chi connectivity index (χ1) is 5.70. The Labute approximate surface area is 87.6 Å². The van der Waals surface area contributed by atoms with Crippen LogP contribution in [0.15, 0.2) is 12.7 Å². The Bertz CT molecular complexity index is 159. The van der Waals surface area contributed by atoms with Crippen molar-refractivity contribution in [3.8, 4) is 0 Å². The summed E-state index contributed by atoms with van der Waals surface area (Å²) >= 11 is 0. The van der Waals surface area contributed by atoms with Gasteiger partial charge in [0.15, 0.2) is 0 Å². The zero-order chi connectivity index (χ0) is 9.03. The highest BCUT2D eigenvalue weighted by atomic mass is 35.5. The second-order valence-electron chi connectivity index (χ2n) is 3.95. The number of halogens is 1. The molecule has 1 fully saturated rings. The van der Waals surface area contributed by atoms with Crippen molar-refractivity contribution in [2.24, 2.45) is 0 Å². The summed E-state index contributed by atoms with van der Waals surface area (Å²) in [6.45, 7) is 10.4. The standard InChI is InChI=1S/C10H20NO.ClH/c1-4-6-11(3,7-5-2)8-10-9-12-10;/h4,10H,1,5-9H2,2-3H3;1H/q+1;/p-1. The van der Waals surface area contributed by atoms with Gasteiger partial charge in [-0.1, -0.05) is 13.5 Å². The van der Waals surface area contributed by atoms with E-state index in [1.165, 1.54) is 13.0 Å². The highest BCUT2D eigenvalue weighted by Gasteiger charge is 2.32. The molecule has 1 rings (SSSR count). The maximum Gasteiger partial charge on any atom is 0.130 e. The number of epoxide rings is 1. The van der Waals surface area contributed by atoms with Crippen molar-refractivity contribution in [2.75, 3.05) is 33.3 Å². The Morgan fingerprint density at radius 1 is 1.62 bits per heavy atom. The highest BCUT2D eigenvalue weighted by Crippen LogP contribution is 2.16. The molecule has 0 spiro atoms. The third kappa shape index (κ3) is 4.65. The minimum atomic E-state index is 0. The zero-order valence-corrected chi connectivity index (χ0v) is 9.39. The first-order valence-corrected chi connectivity index (χ1v) is 4.76. The molecule has 1 aliphatic heterocycles. The molecule has 0 aromatic rings. The van der Waals surface area contributed by atoms with Crippen LogP contribution in [0.3, 0.4) is 0 Å². The number of hydrogen-bond donors (Lipinski definition) is 0. The molecule has 2 unspecified atom stereocenters. The summed E-state index contributed by atoms with van der Waals surface area (Å²) in [4.78, 5) is 0. The van der Waals surface area contributed by atoms with Gasteiger partial charge in [0.05, 0.1) is 26.7 Å². The Balaban J connectivity index is 0.00000144. The number of quaternary nitrogens is 1. The molecule has 0 radical (unpaired) electrons. The maximum atomic E-state index is 5.25. The maximum absolute atomic E-state index is 5.25. The summed E-state index contributed by atoms with van der Waals surface area (Å²) < 4.78 is 6.33. The van der Waals surface area contributed by atoms with Gasteiger partial charge < -0.3 is 21.6 Å². The van der Waals surface area contributed by atoms with Gasteiger partial charge in [-0.15, -0.1) is 0 Å². The van der Waals surface area contributed by atoms with Gasteiger partial charge in [-0.3, -0.25) is 0 Å². The number of likely N-dealkylation sites (N-methyl/N-ethyl adjacent to an activating group) is 1. The van der Waals surface area contributed by atoms with Gasteiger partial charge in [0.2, 0.25) is 0 Å². The monoisotopic (exact) mass is 205 g/mol. The van der Waals surface area contributed by atoms with Crippen molar-refractivity contribution < 1.29 is 21.6 Å². The minimum Gasteiger partial charge on any atom is -1.00 e. The highest BCUT2D eigenvalue weighted by molar-refractivity contribution is 4.71. The Morgan fingerprint density at radius 3 is 2.62 bits per heavy atom. The van der Waals surface area contributed by atoms with Gasteiger partial charge in [0.1, 0.15) is 12.6 Å². The predicted molar refractivity (Wildman–Crippen MR) is 51.0 cm³/mol. The number of hydrogen-bond acceptors (Lipinski definition) is 1. The average molecular weight is 206 g/mol. The van der Waals surface area contributed by atoms with E-state index in [0.717, 1.165) is 24.2 Å². The quantitative estimate of drug-likeness (QED) is 0.290. The van der Waals surface area contributed by atoms with E-state index >= 15 is 0 Å². The third-order valence-corrected chi connectivity index (χ3v) is 2.38. The van der Waals surface area contributed by atoms with Crippen molar-refractivity contribution in [3.63, 3.8) is 0 Å². The molecular weight excluding hydrogens is 186 g/mol. The topological polar surface area (TPSA) is 12.5 Å². The van der Waals surface area contributed by atoms with Crippen LogP contribution < -0.4 is 12.4 Å². The normalized spacial score (nSPS) is 24.3. The summed E-state index contributed by atoms with van der Waals surface area (Å²) in [5, 5.41) is 0. The average Bonchev–Trinajstić information content (AvgIpc) is 2.72. The lowest BCUT2D eigenvalue weighted by Gasteiger charge is -2.32. The molecule has 0 saturated carbocycles. The van der Waals surface area contributed by atoms with Gasteiger partial charge in [-0.25, -0.2) is 0 Å². The lowest BCUT2D eigenvalue weighted by Crippen LogP contribution is -3.00. The molecule has 0 N–H and O–H groups in total. The van der Waals surface area contributed by atoms with Crippen molar-refractivity contribution in [3.05, 3.63) is 12.7 Å². The van der Waals surface area contributed by atoms with E-state index in [1.54, 1.807) is 0 Å². The molecular formula is C10H20ClNO. The molecule has 0 aromatic carbocycles. The van der Waals surface area contributed by atoms with Crippen LogP contribution >= 0.6 is 0 Å². The molecule has 0 aromatic heterocycles. The lowest BCUT2D eigenvalue weighted by molar-refractivity contribution is -0.904. The number of rotatable bonds is 6. The SMILES string of the molecule is C=CC[N+](C)(CCC)CC1CO1.[Cl-]. The van der Waals surface area contributed by atoms with Crippen LogP contribution in [-0.2, 0) is 4.74 Å². The molecule has 0 bridgehead atoms. The van der Waals surface area contributed by atoms with Crippen molar-refractivity contribution in [1.29, 1.82) is 0 Å². The van der Waals surface area contributed by atoms with Crippen molar-refractivity contribution >= 4 is 0 Å². The van der Waals surface area contributed by atoms with Gasteiger partial charge in [-0.2, -0.15) is 0 Å². The molecule has 2 atom stereocenters. The van der Waals surface area contributed by atoms with Crippen molar-refractivity contribution in [2.45, 2.75) is 19.4 Å². The first-order valence-electron chi connectivity index (χ1n) is 4.76. The lowest BCUT2D eigenvalue weighted by atomic mass is 10.3. The van der Waals surface area contributed by atoms with Gasteiger partial charge in [0.25, 0.3) is 0 Å². The smallest absolute Gasteiger partial charge is 0.130 e. The molecule has 78 valence electrons.